The Hall–Kier alpha value is -0.120. The number of nitrogens with zero attached hydrogens (tertiary/aromatic N) is 1. The monoisotopic (exact) mass is 294 g/mol. The van der Waals surface area contributed by atoms with Crippen LogP contribution < -0.4 is 5.32 Å². The van der Waals surface area contributed by atoms with E-state index in [0.29, 0.717) is 12.6 Å². The zero-order valence-electron chi connectivity index (χ0n) is 13.6. The fraction of sp³-hybridized carbons (Fsp3) is 1.00. The third-order valence-electron chi connectivity index (χ3n) is 6.04. The highest BCUT2D eigenvalue weighted by Crippen LogP contribution is 2.30. The lowest BCUT2D eigenvalue weighted by atomic mass is 9.83. The maximum Gasteiger partial charge on any atom is 0.0431 e. The first kappa shape index (κ1) is 15.8. The number of likely N-dealkylation sites (tertiary alicyclic amines) is 1. The average molecular weight is 294 g/mol. The van der Waals surface area contributed by atoms with E-state index in [1.807, 2.05) is 0 Å². The molecular formula is C18H34N2O. The van der Waals surface area contributed by atoms with Gasteiger partial charge < -0.3 is 15.3 Å². The molecule has 122 valence electrons. The molecule has 3 heteroatoms. The van der Waals surface area contributed by atoms with E-state index in [4.69, 9.17) is 5.11 Å². The van der Waals surface area contributed by atoms with Gasteiger partial charge in [0.25, 0.3) is 0 Å². The highest BCUT2D eigenvalue weighted by atomic mass is 16.2. The van der Waals surface area contributed by atoms with Gasteiger partial charge in [0.15, 0.2) is 0 Å². The summed E-state index contributed by atoms with van der Waals surface area (Å²) in [6, 6.07) is 0.697. The van der Waals surface area contributed by atoms with Crippen molar-refractivity contribution in [3.8, 4) is 0 Å². The van der Waals surface area contributed by atoms with Gasteiger partial charge >= 0.3 is 0 Å². The highest BCUT2D eigenvalue weighted by molar-refractivity contribution is 4.87. The molecule has 1 saturated heterocycles. The fourth-order valence-corrected chi connectivity index (χ4v) is 4.26. The lowest BCUT2D eigenvalue weighted by Gasteiger charge is -2.42. The van der Waals surface area contributed by atoms with Crippen molar-refractivity contribution in [2.45, 2.75) is 63.8 Å². The number of hydrogen-bond donors (Lipinski definition) is 2. The van der Waals surface area contributed by atoms with Crippen LogP contribution in [0.15, 0.2) is 0 Å². The Morgan fingerprint density at radius 3 is 2.33 bits per heavy atom. The number of nitrogens with one attached hydrogen (secondary N) is 1. The molecule has 3 aliphatic rings. The lowest BCUT2D eigenvalue weighted by molar-refractivity contribution is 0.0922. The molecule has 0 spiro atoms. The minimum absolute atomic E-state index is 0.360. The maximum absolute atomic E-state index is 9.11. The first-order chi connectivity index (χ1) is 10.3. The Morgan fingerprint density at radius 2 is 1.71 bits per heavy atom. The van der Waals surface area contributed by atoms with Gasteiger partial charge in [-0.15, -0.1) is 0 Å². The van der Waals surface area contributed by atoms with E-state index in [0.717, 1.165) is 24.2 Å². The number of rotatable bonds is 8. The maximum atomic E-state index is 9.11. The standard InChI is InChI=1S/C18H34N2O/c21-9-3-8-17-10-18(19-11-15-4-1-5-15)14-20(13-17)12-16-6-2-7-16/h15-19,21H,1-14H2. The minimum Gasteiger partial charge on any atom is -0.396 e. The molecule has 1 heterocycles. The van der Waals surface area contributed by atoms with Gasteiger partial charge in [0.05, 0.1) is 0 Å². The topological polar surface area (TPSA) is 35.5 Å². The van der Waals surface area contributed by atoms with Crippen molar-refractivity contribution in [3.05, 3.63) is 0 Å². The number of piperidine rings is 1. The summed E-state index contributed by atoms with van der Waals surface area (Å²) in [5.74, 6) is 2.74. The molecule has 2 atom stereocenters. The van der Waals surface area contributed by atoms with Crippen LogP contribution >= 0.6 is 0 Å². The second-order valence-electron chi connectivity index (χ2n) is 7.89. The number of aliphatic hydroxyl groups is 1. The van der Waals surface area contributed by atoms with Crippen molar-refractivity contribution < 1.29 is 5.11 Å². The zero-order valence-corrected chi connectivity index (χ0v) is 13.6. The molecule has 2 saturated carbocycles. The van der Waals surface area contributed by atoms with Gasteiger partial charge in [0.1, 0.15) is 0 Å². The highest BCUT2D eigenvalue weighted by Gasteiger charge is 2.30. The molecule has 0 amide bonds. The summed E-state index contributed by atoms with van der Waals surface area (Å²) >= 11 is 0. The summed E-state index contributed by atoms with van der Waals surface area (Å²) in [5.41, 5.74) is 0. The smallest absolute Gasteiger partial charge is 0.0431 e. The Bertz CT molecular complexity index is 302. The van der Waals surface area contributed by atoms with Crippen LogP contribution in [0.5, 0.6) is 0 Å². The molecule has 0 radical (unpaired) electrons. The molecule has 3 rings (SSSR count). The molecule has 0 aromatic heterocycles. The van der Waals surface area contributed by atoms with Gasteiger partial charge in [0, 0.05) is 32.3 Å². The Kier molecular flexibility index (Phi) is 5.96. The summed E-state index contributed by atoms with van der Waals surface area (Å²) in [4.78, 5) is 2.73. The molecule has 1 aliphatic heterocycles. The predicted molar refractivity (Wildman–Crippen MR) is 87.3 cm³/mol. The molecule has 2 unspecified atom stereocenters. The first-order valence-electron chi connectivity index (χ1n) is 9.40. The molecule has 2 N–H and O–H groups in total. The molecular weight excluding hydrogens is 260 g/mol. The van der Waals surface area contributed by atoms with Crippen LogP contribution in [-0.4, -0.2) is 48.8 Å². The van der Waals surface area contributed by atoms with Crippen molar-refractivity contribution >= 4 is 0 Å². The number of aliphatic hydroxyl groups excluding tert-OH is 1. The summed E-state index contributed by atoms with van der Waals surface area (Å²) < 4.78 is 0. The Morgan fingerprint density at radius 1 is 0.952 bits per heavy atom. The molecule has 21 heavy (non-hydrogen) atoms. The van der Waals surface area contributed by atoms with Crippen LogP contribution in [0.4, 0.5) is 0 Å². The van der Waals surface area contributed by atoms with E-state index >= 15 is 0 Å². The van der Waals surface area contributed by atoms with Gasteiger partial charge in [-0.2, -0.15) is 0 Å². The van der Waals surface area contributed by atoms with Crippen LogP contribution in [0.25, 0.3) is 0 Å². The molecule has 0 aromatic rings. The molecule has 0 bridgehead atoms. The van der Waals surface area contributed by atoms with Gasteiger partial charge in [0.2, 0.25) is 0 Å². The van der Waals surface area contributed by atoms with E-state index < -0.39 is 0 Å². The third kappa shape index (κ3) is 4.67. The minimum atomic E-state index is 0.360. The van der Waals surface area contributed by atoms with Gasteiger partial charge in [-0.25, -0.2) is 0 Å². The van der Waals surface area contributed by atoms with E-state index in [2.05, 4.69) is 10.2 Å². The fourth-order valence-electron chi connectivity index (χ4n) is 4.26. The third-order valence-corrected chi connectivity index (χ3v) is 6.04. The van der Waals surface area contributed by atoms with Gasteiger partial charge in [-0.3, -0.25) is 0 Å². The van der Waals surface area contributed by atoms with Crippen molar-refractivity contribution in [2.24, 2.45) is 17.8 Å². The molecule has 3 fully saturated rings. The summed E-state index contributed by atoms with van der Waals surface area (Å²) in [6.45, 7) is 5.47. The SMILES string of the molecule is OCCCC1CC(NCC2CCC2)CN(CC2CCC2)C1. The van der Waals surface area contributed by atoms with Crippen molar-refractivity contribution in [2.75, 3.05) is 32.8 Å². The predicted octanol–water partition coefficient (Wildman–Crippen LogP) is 2.64. The van der Waals surface area contributed by atoms with E-state index in [-0.39, 0.29) is 0 Å². The largest absolute Gasteiger partial charge is 0.396 e. The lowest BCUT2D eigenvalue weighted by Crippen LogP contribution is -2.52. The molecule has 0 aromatic carbocycles. The van der Waals surface area contributed by atoms with Crippen LogP contribution in [-0.2, 0) is 0 Å². The second kappa shape index (κ2) is 7.94. The van der Waals surface area contributed by atoms with Gasteiger partial charge in [-0.05, 0) is 69.2 Å². The average Bonchev–Trinajstić information content (AvgIpc) is 2.39. The molecule has 2 aliphatic carbocycles. The second-order valence-corrected chi connectivity index (χ2v) is 7.89. The summed E-state index contributed by atoms with van der Waals surface area (Å²) in [6.07, 6.45) is 12.2. The quantitative estimate of drug-likeness (QED) is 0.722. The first-order valence-corrected chi connectivity index (χ1v) is 9.40. The van der Waals surface area contributed by atoms with Crippen molar-refractivity contribution in [1.82, 2.24) is 10.2 Å². The van der Waals surface area contributed by atoms with E-state index in [1.54, 1.807) is 0 Å². The van der Waals surface area contributed by atoms with E-state index in [1.165, 1.54) is 77.5 Å². The number of hydrogen-bond acceptors (Lipinski definition) is 3. The van der Waals surface area contributed by atoms with Crippen LogP contribution in [0.1, 0.15) is 57.8 Å². The van der Waals surface area contributed by atoms with E-state index in [9.17, 15) is 0 Å². The zero-order chi connectivity index (χ0) is 14.5. The van der Waals surface area contributed by atoms with Gasteiger partial charge in [-0.1, -0.05) is 12.8 Å². The molecule has 3 nitrogen and oxygen atoms in total. The van der Waals surface area contributed by atoms with Crippen LogP contribution in [0, 0.1) is 17.8 Å². The summed E-state index contributed by atoms with van der Waals surface area (Å²) in [7, 11) is 0. The Labute approximate surface area is 130 Å². The van der Waals surface area contributed by atoms with Crippen LogP contribution in [0.2, 0.25) is 0 Å². The Balaban J connectivity index is 1.45. The van der Waals surface area contributed by atoms with Crippen LogP contribution in [0.3, 0.4) is 0 Å². The normalized spacial score (nSPS) is 31.9. The van der Waals surface area contributed by atoms with Crippen molar-refractivity contribution in [3.63, 3.8) is 0 Å². The van der Waals surface area contributed by atoms with Crippen molar-refractivity contribution in [1.29, 1.82) is 0 Å². The summed E-state index contributed by atoms with van der Waals surface area (Å²) in [5, 5.41) is 13.0.